The zero-order valence-electron chi connectivity index (χ0n) is 12.0. The zero-order chi connectivity index (χ0) is 14.7. The molecule has 106 valence electrons. The predicted octanol–water partition coefficient (Wildman–Crippen LogP) is 2.69. The first-order valence-electron chi connectivity index (χ1n) is 6.99. The number of aryl methyl sites for hydroxylation is 1. The fourth-order valence-electron chi connectivity index (χ4n) is 2.56. The number of rotatable bonds is 4. The minimum Gasteiger partial charge on any atom is -0.271 e. The Hall–Kier alpha value is -2.30. The third kappa shape index (κ3) is 2.91. The summed E-state index contributed by atoms with van der Waals surface area (Å²) in [5, 5.41) is 1.15. The van der Waals surface area contributed by atoms with Crippen LogP contribution in [0.15, 0.2) is 54.9 Å². The van der Waals surface area contributed by atoms with E-state index in [0.717, 1.165) is 34.1 Å². The molecule has 1 aromatic carbocycles. The summed E-state index contributed by atoms with van der Waals surface area (Å²) in [5.41, 5.74) is 7.20. The molecule has 0 aliphatic carbocycles. The molecule has 0 fully saturated rings. The number of hydrogen-bond acceptors (Lipinski definition) is 4. The van der Waals surface area contributed by atoms with E-state index in [1.807, 2.05) is 37.4 Å². The Morgan fingerprint density at radius 1 is 1.14 bits per heavy atom. The maximum Gasteiger partial charge on any atom is 0.0705 e. The van der Waals surface area contributed by atoms with Gasteiger partial charge in [0.1, 0.15) is 0 Å². The van der Waals surface area contributed by atoms with Crippen LogP contribution in [0.4, 0.5) is 0 Å². The number of hydrogen-bond donors (Lipinski definition) is 2. The van der Waals surface area contributed by atoms with Gasteiger partial charge in [-0.3, -0.25) is 21.2 Å². The highest BCUT2D eigenvalue weighted by molar-refractivity contribution is 5.78. The van der Waals surface area contributed by atoms with Gasteiger partial charge >= 0.3 is 0 Å². The lowest BCUT2D eigenvalue weighted by molar-refractivity contribution is 0.543. The van der Waals surface area contributed by atoms with Crippen molar-refractivity contribution < 1.29 is 0 Å². The molecule has 21 heavy (non-hydrogen) atoms. The SMILES string of the molecule is Cc1cnccc1C(Cc1ccc2ccccc2n1)NN. The van der Waals surface area contributed by atoms with Gasteiger partial charge in [0.25, 0.3) is 0 Å². The number of hydrazine groups is 1. The van der Waals surface area contributed by atoms with E-state index in [1.54, 1.807) is 6.20 Å². The molecule has 1 atom stereocenters. The van der Waals surface area contributed by atoms with Crippen LogP contribution < -0.4 is 11.3 Å². The van der Waals surface area contributed by atoms with Crippen molar-refractivity contribution in [1.82, 2.24) is 15.4 Å². The van der Waals surface area contributed by atoms with Crippen LogP contribution in [0.5, 0.6) is 0 Å². The Morgan fingerprint density at radius 2 is 2.00 bits per heavy atom. The lowest BCUT2D eigenvalue weighted by Gasteiger charge is -2.18. The maximum atomic E-state index is 5.74. The first kappa shape index (κ1) is 13.7. The molecule has 0 amide bonds. The summed E-state index contributed by atoms with van der Waals surface area (Å²) in [6.07, 6.45) is 4.39. The summed E-state index contributed by atoms with van der Waals surface area (Å²) >= 11 is 0. The normalized spacial score (nSPS) is 12.5. The zero-order valence-corrected chi connectivity index (χ0v) is 12.0. The smallest absolute Gasteiger partial charge is 0.0705 e. The van der Waals surface area contributed by atoms with Crippen molar-refractivity contribution in [1.29, 1.82) is 0 Å². The molecular formula is C17H18N4. The molecule has 3 aromatic rings. The van der Waals surface area contributed by atoms with Crippen molar-refractivity contribution in [2.24, 2.45) is 5.84 Å². The van der Waals surface area contributed by atoms with Crippen LogP contribution in [0.3, 0.4) is 0 Å². The van der Waals surface area contributed by atoms with Crippen LogP contribution in [0.25, 0.3) is 10.9 Å². The molecule has 4 heteroatoms. The van der Waals surface area contributed by atoms with Gasteiger partial charge in [-0.1, -0.05) is 24.3 Å². The number of para-hydroxylation sites is 1. The highest BCUT2D eigenvalue weighted by atomic mass is 15.2. The molecule has 3 N–H and O–H groups in total. The lowest BCUT2D eigenvalue weighted by Crippen LogP contribution is -2.30. The summed E-state index contributed by atoms with van der Waals surface area (Å²) in [4.78, 5) is 8.83. The van der Waals surface area contributed by atoms with Crippen LogP contribution in [-0.2, 0) is 6.42 Å². The standard InChI is InChI=1S/C17H18N4/c1-12-11-19-9-8-15(12)17(21-18)10-14-7-6-13-4-2-3-5-16(13)20-14/h2-9,11,17,21H,10,18H2,1H3. The minimum atomic E-state index is 0.0293. The summed E-state index contributed by atoms with van der Waals surface area (Å²) in [7, 11) is 0. The van der Waals surface area contributed by atoms with E-state index in [0.29, 0.717) is 0 Å². The summed E-state index contributed by atoms with van der Waals surface area (Å²) in [5.74, 6) is 5.74. The van der Waals surface area contributed by atoms with Crippen LogP contribution in [-0.4, -0.2) is 9.97 Å². The van der Waals surface area contributed by atoms with Crippen molar-refractivity contribution in [2.75, 3.05) is 0 Å². The number of nitrogens with one attached hydrogen (secondary N) is 1. The fourth-order valence-corrected chi connectivity index (χ4v) is 2.56. The molecule has 0 saturated carbocycles. The molecule has 0 saturated heterocycles. The largest absolute Gasteiger partial charge is 0.271 e. The molecule has 3 rings (SSSR count). The fraction of sp³-hybridized carbons (Fsp3) is 0.176. The average Bonchev–Trinajstić information content (AvgIpc) is 2.53. The van der Waals surface area contributed by atoms with Gasteiger partial charge in [0, 0.05) is 29.9 Å². The van der Waals surface area contributed by atoms with Gasteiger partial charge in [0.2, 0.25) is 0 Å². The van der Waals surface area contributed by atoms with E-state index in [2.05, 4.69) is 28.6 Å². The Kier molecular flexibility index (Phi) is 3.90. The van der Waals surface area contributed by atoms with E-state index in [9.17, 15) is 0 Å². The molecular weight excluding hydrogens is 260 g/mol. The predicted molar refractivity (Wildman–Crippen MR) is 84.5 cm³/mol. The number of aromatic nitrogens is 2. The van der Waals surface area contributed by atoms with Crippen LogP contribution >= 0.6 is 0 Å². The topological polar surface area (TPSA) is 63.8 Å². The third-order valence-corrected chi connectivity index (χ3v) is 3.71. The highest BCUT2D eigenvalue weighted by Gasteiger charge is 2.13. The van der Waals surface area contributed by atoms with Crippen molar-refractivity contribution in [3.63, 3.8) is 0 Å². The Labute approximate surface area is 124 Å². The molecule has 2 heterocycles. The minimum absolute atomic E-state index is 0.0293. The molecule has 0 spiro atoms. The second-order valence-corrected chi connectivity index (χ2v) is 5.15. The van der Waals surface area contributed by atoms with E-state index in [4.69, 9.17) is 10.8 Å². The number of pyridine rings is 2. The van der Waals surface area contributed by atoms with Gasteiger partial charge in [0.05, 0.1) is 11.6 Å². The second kappa shape index (κ2) is 5.99. The van der Waals surface area contributed by atoms with Crippen LogP contribution in [0, 0.1) is 6.92 Å². The van der Waals surface area contributed by atoms with Gasteiger partial charge in [-0.05, 0) is 36.2 Å². The Bertz CT molecular complexity index is 754. The molecule has 1 unspecified atom stereocenters. The lowest BCUT2D eigenvalue weighted by atomic mass is 9.99. The number of nitrogens with two attached hydrogens (primary N) is 1. The molecule has 0 bridgehead atoms. The first-order chi connectivity index (χ1) is 10.3. The molecule has 2 aromatic heterocycles. The number of benzene rings is 1. The second-order valence-electron chi connectivity index (χ2n) is 5.15. The van der Waals surface area contributed by atoms with Crippen molar-refractivity contribution in [3.8, 4) is 0 Å². The quantitative estimate of drug-likeness (QED) is 0.569. The van der Waals surface area contributed by atoms with E-state index < -0.39 is 0 Å². The van der Waals surface area contributed by atoms with Gasteiger partial charge in [-0.2, -0.15) is 0 Å². The Morgan fingerprint density at radius 3 is 2.81 bits per heavy atom. The van der Waals surface area contributed by atoms with Crippen molar-refractivity contribution in [3.05, 3.63) is 71.7 Å². The van der Waals surface area contributed by atoms with Gasteiger partial charge in [0.15, 0.2) is 0 Å². The van der Waals surface area contributed by atoms with E-state index >= 15 is 0 Å². The van der Waals surface area contributed by atoms with Crippen molar-refractivity contribution in [2.45, 2.75) is 19.4 Å². The Balaban J connectivity index is 1.90. The maximum absolute atomic E-state index is 5.74. The molecule has 0 aliphatic rings. The third-order valence-electron chi connectivity index (χ3n) is 3.71. The summed E-state index contributed by atoms with van der Waals surface area (Å²) < 4.78 is 0. The van der Waals surface area contributed by atoms with Crippen LogP contribution in [0.1, 0.15) is 22.9 Å². The molecule has 0 radical (unpaired) electrons. The van der Waals surface area contributed by atoms with Gasteiger partial charge in [-0.15, -0.1) is 0 Å². The number of fused-ring (bicyclic) bond motifs is 1. The van der Waals surface area contributed by atoms with Crippen molar-refractivity contribution >= 4 is 10.9 Å². The average molecular weight is 278 g/mol. The number of nitrogens with zero attached hydrogens (tertiary/aromatic N) is 2. The van der Waals surface area contributed by atoms with E-state index in [1.165, 1.54) is 0 Å². The van der Waals surface area contributed by atoms with Crippen LogP contribution in [0.2, 0.25) is 0 Å². The molecule has 4 nitrogen and oxygen atoms in total. The first-order valence-corrected chi connectivity index (χ1v) is 6.99. The van der Waals surface area contributed by atoms with E-state index in [-0.39, 0.29) is 6.04 Å². The van der Waals surface area contributed by atoms with Gasteiger partial charge < -0.3 is 0 Å². The molecule has 0 aliphatic heterocycles. The summed E-state index contributed by atoms with van der Waals surface area (Å²) in [6, 6.07) is 14.3. The van der Waals surface area contributed by atoms with Gasteiger partial charge in [-0.25, -0.2) is 0 Å². The highest BCUT2D eigenvalue weighted by Crippen LogP contribution is 2.21. The monoisotopic (exact) mass is 278 g/mol. The summed E-state index contributed by atoms with van der Waals surface area (Å²) in [6.45, 7) is 2.04.